The summed E-state index contributed by atoms with van der Waals surface area (Å²) in [6, 6.07) is 7.92. The molecule has 0 spiro atoms. The number of nitrogens with zero attached hydrogens (tertiary/aromatic N) is 1. The summed E-state index contributed by atoms with van der Waals surface area (Å²) in [5, 5.41) is 5.88. The second-order valence-corrected chi connectivity index (χ2v) is 6.24. The van der Waals surface area contributed by atoms with Gasteiger partial charge in [0.15, 0.2) is 0 Å². The van der Waals surface area contributed by atoms with Crippen LogP contribution in [0.2, 0.25) is 5.02 Å². The molecule has 0 atom stereocenters. The van der Waals surface area contributed by atoms with E-state index in [1.807, 2.05) is 13.8 Å². The molecule has 0 fully saturated rings. The van der Waals surface area contributed by atoms with Gasteiger partial charge in [0.25, 0.3) is 11.8 Å². The number of rotatable bonds is 6. The van der Waals surface area contributed by atoms with Crippen molar-refractivity contribution in [1.29, 1.82) is 0 Å². The fraction of sp³-hybridized carbons (Fsp3) is 0.278. The predicted molar refractivity (Wildman–Crippen MR) is 97.4 cm³/mol. The third kappa shape index (κ3) is 5.19. The summed E-state index contributed by atoms with van der Waals surface area (Å²) in [5.41, 5.74) is 1.03. The molecule has 1 aromatic heterocycles. The van der Waals surface area contributed by atoms with E-state index in [0.29, 0.717) is 34.5 Å². The van der Waals surface area contributed by atoms with E-state index in [4.69, 9.17) is 16.3 Å². The molecule has 0 aliphatic heterocycles. The number of nitrogens with one attached hydrogen (secondary N) is 2. The van der Waals surface area contributed by atoms with E-state index in [0.717, 1.165) is 0 Å². The van der Waals surface area contributed by atoms with Gasteiger partial charge in [0, 0.05) is 24.0 Å². The maximum absolute atomic E-state index is 12.3. The fourth-order valence-corrected chi connectivity index (χ4v) is 2.29. The average Bonchev–Trinajstić information content (AvgIpc) is 2.60. The van der Waals surface area contributed by atoms with Gasteiger partial charge in [-0.05, 0) is 36.2 Å². The van der Waals surface area contributed by atoms with Gasteiger partial charge in [-0.15, -0.1) is 0 Å². The maximum atomic E-state index is 12.3. The first-order valence-corrected chi connectivity index (χ1v) is 8.17. The minimum Gasteiger partial charge on any atom is -0.495 e. The van der Waals surface area contributed by atoms with Crippen LogP contribution < -0.4 is 15.4 Å². The number of amides is 2. The number of halogens is 1. The monoisotopic (exact) mass is 361 g/mol. The van der Waals surface area contributed by atoms with Crippen LogP contribution in [0.15, 0.2) is 36.5 Å². The number of carbonyl (C=O) groups is 2. The van der Waals surface area contributed by atoms with E-state index in [9.17, 15) is 9.59 Å². The topological polar surface area (TPSA) is 80.3 Å². The number of ether oxygens (including phenoxy) is 1. The number of hydrogen-bond acceptors (Lipinski definition) is 4. The Labute approximate surface area is 151 Å². The summed E-state index contributed by atoms with van der Waals surface area (Å²) in [6.07, 6.45) is 1.43. The maximum Gasteiger partial charge on any atom is 0.274 e. The molecule has 7 heteroatoms. The van der Waals surface area contributed by atoms with Gasteiger partial charge in [0.2, 0.25) is 0 Å². The number of aromatic nitrogens is 1. The van der Waals surface area contributed by atoms with Crippen molar-refractivity contribution in [2.75, 3.05) is 19.0 Å². The Morgan fingerprint density at radius 2 is 1.96 bits per heavy atom. The van der Waals surface area contributed by atoms with Crippen molar-refractivity contribution < 1.29 is 14.3 Å². The van der Waals surface area contributed by atoms with E-state index in [-0.39, 0.29) is 11.6 Å². The summed E-state index contributed by atoms with van der Waals surface area (Å²) in [6.45, 7) is 4.57. The van der Waals surface area contributed by atoms with Crippen molar-refractivity contribution in [3.05, 3.63) is 52.8 Å². The Morgan fingerprint density at radius 1 is 1.20 bits per heavy atom. The van der Waals surface area contributed by atoms with Crippen molar-refractivity contribution in [2.45, 2.75) is 13.8 Å². The molecule has 1 heterocycles. The Kier molecular flexibility index (Phi) is 6.36. The van der Waals surface area contributed by atoms with Gasteiger partial charge in [-0.25, -0.2) is 0 Å². The molecule has 2 aromatic rings. The molecule has 1 aromatic carbocycles. The van der Waals surface area contributed by atoms with E-state index < -0.39 is 5.91 Å². The molecule has 0 saturated heterocycles. The number of carbonyl (C=O) groups excluding carboxylic acids is 2. The summed E-state index contributed by atoms with van der Waals surface area (Å²) in [5.74, 6) is 0.187. The van der Waals surface area contributed by atoms with Crippen molar-refractivity contribution in [3.8, 4) is 5.75 Å². The normalized spacial score (nSPS) is 10.4. The Hall–Kier alpha value is -2.60. The quantitative estimate of drug-likeness (QED) is 0.826. The first-order chi connectivity index (χ1) is 11.9. The molecule has 0 radical (unpaired) electrons. The largest absolute Gasteiger partial charge is 0.495 e. The molecule has 0 aliphatic rings. The van der Waals surface area contributed by atoms with Crippen LogP contribution in [0, 0.1) is 5.92 Å². The van der Waals surface area contributed by atoms with E-state index in [2.05, 4.69) is 15.6 Å². The second-order valence-electron chi connectivity index (χ2n) is 5.84. The number of methoxy groups -OCH3 is 1. The minimum atomic E-state index is -0.431. The molecule has 2 N–H and O–H groups in total. The van der Waals surface area contributed by atoms with Gasteiger partial charge < -0.3 is 15.4 Å². The van der Waals surface area contributed by atoms with Gasteiger partial charge in [-0.1, -0.05) is 25.4 Å². The van der Waals surface area contributed by atoms with Crippen LogP contribution in [-0.4, -0.2) is 30.5 Å². The van der Waals surface area contributed by atoms with E-state index in [1.54, 1.807) is 24.3 Å². The zero-order valence-corrected chi connectivity index (χ0v) is 15.1. The first-order valence-electron chi connectivity index (χ1n) is 7.80. The second kappa shape index (κ2) is 8.48. The predicted octanol–water partition coefficient (Wildman–Crippen LogP) is 3.38. The molecule has 0 unspecified atom stereocenters. The highest BCUT2D eigenvalue weighted by Gasteiger charge is 2.13. The lowest BCUT2D eigenvalue weighted by molar-refractivity contribution is 0.0949. The SMILES string of the molecule is COc1ccc(NC(=O)c2cc(C(=O)NCC(C)C)ccn2)cc1Cl. The van der Waals surface area contributed by atoms with Crippen molar-refractivity contribution in [1.82, 2.24) is 10.3 Å². The van der Waals surface area contributed by atoms with E-state index in [1.165, 1.54) is 19.4 Å². The summed E-state index contributed by atoms with van der Waals surface area (Å²) >= 11 is 6.04. The lowest BCUT2D eigenvalue weighted by Gasteiger charge is -2.09. The van der Waals surface area contributed by atoms with Crippen LogP contribution >= 0.6 is 11.6 Å². The summed E-state index contributed by atoms with van der Waals surface area (Å²) in [7, 11) is 1.51. The molecule has 132 valence electrons. The van der Waals surface area contributed by atoms with Crippen LogP contribution in [-0.2, 0) is 0 Å². The molecule has 2 amide bonds. The van der Waals surface area contributed by atoms with Crippen LogP contribution in [0.5, 0.6) is 5.75 Å². The molecule has 0 aliphatic carbocycles. The van der Waals surface area contributed by atoms with Crippen molar-refractivity contribution >= 4 is 29.1 Å². The van der Waals surface area contributed by atoms with E-state index >= 15 is 0 Å². The Morgan fingerprint density at radius 3 is 2.60 bits per heavy atom. The smallest absolute Gasteiger partial charge is 0.274 e. The summed E-state index contributed by atoms with van der Waals surface area (Å²) < 4.78 is 5.07. The standard InChI is InChI=1S/C18H20ClN3O3/c1-11(2)10-21-17(23)12-6-7-20-15(8-12)18(24)22-13-4-5-16(25-3)14(19)9-13/h4-9,11H,10H2,1-3H3,(H,21,23)(H,22,24). The average molecular weight is 362 g/mol. The van der Waals surface area contributed by atoms with Crippen LogP contribution in [0.25, 0.3) is 0 Å². The minimum absolute atomic E-state index is 0.143. The molecular formula is C18H20ClN3O3. The highest BCUT2D eigenvalue weighted by atomic mass is 35.5. The van der Waals surface area contributed by atoms with Gasteiger partial charge in [-0.3, -0.25) is 14.6 Å². The molecular weight excluding hydrogens is 342 g/mol. The zero-order valence-electron chi connectivity index (χ0n) is 14.3. The highest BCUT2D eigenvalue weighted by molar-refractivity contribution is 6.32. The Bertz CT molecular complexity index is 778. The van der Waals surface area contributed by atoms with Crippen molar-refractivity contribution in [2.24, 2.45) is 5.92 Å². The number of benzene rings is 1. The van der Waals surface area contributed by atoms with Gasteiger partial charge >= 0.3 is 0 Å². The van der Waals surface area contributed by atoms with Crippen molar-refractivity contribution in [3.63, 3.8) is 0 Å². The Balaban J connectivity index is 2.10. The number of hydrogen-bond donors (Lipinski definition) is 2. The third-order valence-electron chi connectivity index (χ3n) is 3.34. The highest BCUT2D eigenvalue weighted by Crippen LogP contribution is 2.27. The molecule has 6 nitrogen and oxygen atoms in total. The summed E-state index contributed by atoms with van der Waals surface area (Å²) in [4.78, 5) is 28.5. The lowest BCUT2D eigenvalue weighted by Crippen LogP contribution is -2.27. The molecule has 2 rings (SSSR count). The number of pyridine rings is 1. The van der Waals surface area contributed by atoms with Gasteiger partial charge in [0.05, 0.1) is 12.1 Å². The van der Waals surface area contributed by atoms with Gasteiger partial charge in [0.1, 0.15) is 11.4 Å². The fourth-order valence-electron chi connectivity index (χ4n) is 2.03. The number of anilines is 1. The molecule has 0 saturated carbocycles. The molecule has 0 bridgehead atoms. The first kappa shape index (κ1) is 18.7. The lowest BCUT2D eigenvalue weighted by atomic mass is 10.2. The molecule has 25 heavy (non-hydrogen) atoms. The van der Waals surface area contributed by atoms with Crippen LogP contribution in [0.1, 0.15) is 34.7 Å². The van der Waals surface area contributed by atoms with Crippen LogP contribution in [0.4, 0.5) is 5.69 Å². The van der Waals surface area contributed by atoms with Gasteiger partial charge in [-0.2, -0.15) is 0 Å². The van der Waals surface area contributed by atoms with Crippen LogP contribution in [0.3, 0.4) is 0 Å². The zero-order chi connectivity index (χ0) is 18.4. The third-order valence-corrected chi connectivity index (χ3v) is 3.63.